The number of imidazole rings is 1. The van der Waals surface area contributed by atoms with Crippen molar-refractivity contribution in [2.24, 2.45) is 7.05 Å². The lowest BCUT2D eigenvalue weighted by atomic mass is 10.2. The zero-order valence-electron chi connectivity index (χ0n) is 13.0. The second kappa shape index (κ2) is 6.64. The summed E-state index contributed by atoms with van der Waals surface area (Å²) in [5.74, 6) is -0.644. The van der Waals surface area contributed by atoms with E-state index in [1.54, 1.807) is 11.6 Å². The SMILES string of the molecule is Cn1cncc1C(=O)NC[C@@H]1C[C@H](F)CN1C(=O)c1cc(Cl)c[nH]1. The van der Waals surface area contributed by atoms with Crippen LogP contribution in [0.5, 0.6) is 0 Å². The number of hydrogen-bond acceptors (Lipinski definition) is 3. The third-order valence-corrected chi connectivity index (χ3v) is 4.27. The Labute approximate surface area is 142 Å². The lowest BCUT2D eigenvalue weighted by Gasteiger charge is -2.24. The highest BCUT2D eigenvalue weighted by Crippen LogP contribution is 2.23. The Bertz CT molecular complexity index is 759. The monoisotopic (exact) mass is 353 g/mol. The number of aromatic amines is 1. The second-order valence-corrected chi connectivity index (χ2v) is 6.21. The number of nitrogens with zero attached hydrogens (tertiary/aromatic N) is 3. The van der Waals surface area contributed by atoms with Crippen LogP contribution in [0.25, 0.3) is 0 Å². The summed E-state index contributed by atoms with van der Waals surface area (Å²) in [5, 5.41) is 3.15. The van der Waals surface area contributed by atoms with E-state index in [2.05, 4.69) is 15.3 Å². The molecule has 1 fully saturated rings. The van der Waals surface area contributed by atoms with Crippen molar-refractivity contribution >= 4 is 23.4 Å². The van der Waals surface area contributed by atoms with Gasteiger partial charge >= 0.3 is 0 Å². The summed E-state index contributed by atoms with van der Waals surface area (Å²) in [6.07, 6.45) is 3.54. The van der Waals surface area contributed by atoms with Crippen molar-refractivity contribution in [2.75, 3.05) is 13.1 Å². The molecule has 2 atom stereocenters. The maximum absolute atomic E-state index is 13.8. The van der Waals surface area contributed by atoms with E-state index in [1.165, 1.54) is 29.7 Å². The van der Waals surface area contributed by atoms with Crippen molar-refractivity contribution in [1.29, 1.82) is 0 Å². The summed E-state index contributed by atoms with van der Waals surface area (Å²) in [4.78, 5) is 32.7. The van der Waals surface area contributed by atoms with Gasteiger partial charge in [-0.3, -0.25) is 9.59 Å². The molecular formula is C15H17ClFN5O2. The van der Waals surface area contributed by atoms with Crippen molar-refractivity contribution in [3.05, 3.63) is 41.2 Å². The van der Waals surface area contributed by atoms with Crippen LogP contribution in [0.3, 0.4) is 0 Å². The molecule has 1 saturated heterocycles. The number of hydrogen-bond donors (Lipinski definition) is 2. The minimum absolute atomic E-state index is 0.00171. The van der Waals surface area contributed by atoms with E-state index in [0.29, 0.717) is 16.4 Å². The molecule has 0 bridgehead atoms. The predicted octanol–water partition coefficient (Wildman–Crippen LogP) is 1.38. The first-order valence-corrected chi connectivity index (χ1v) is 7.87. The van der Waals surface area contributed by atoms with Crippen LogP contribution in [-0.2, 0) is 7.05 Å². The van der Waals surface area contributed by atoms with Gasteiger partial charge in [0.05, 0.1) is 30.1 Å². The van der Waals surface area contributed by atoms with E-state index in [9.17, 15) is 14.0 Å². The lowest BCUT2D eigenvalue weighted by Crippen LogP contribution is -2.43. The summed E-state index contributed by atoms with van der Waals surface area (Å²) in [7, 11) is 1.71. The number of alkyl halides is 1. The maximum Gasteiger partial charge on any atom is 0.270 e. The first kappa shape index (κ1) is 16.5. The Balaban J connectivity index is 1.66. The summed E-state index contributed by atoms with van der Waals surface area (Å²) in [6, 6.07) is 1.09. The zero-order valence-corrected chi connectivity index (χ0v) is 13.8. The molecular weight excluding hydrogens is 337 g/mol. The van der Waals surface area contributed by atoms with Crippen LogP contribution in [0.4, 0.5) is 4.39 Å². The molecule has 0 radical (unpaired) electrons. The molecule has 2 amide bonds. The highest BCUT2D eigenvalue weighted by atomic mass is 35.5. The maximum atomic E-state index is 13.8. The molecule has 2 aromatic heterocycles. The van der Waals surface area contributed by atoms with Gasteiger partial charge in [-0.25, -0.2) is 9.37 Å². The van der Waals surface area contributed by atoms with Crippen LogP contribution in [0.15, 0.2) is 24.8 Å². The number of likely N-dealkylation sites (tertiary alicyclic amines) is 1. The first-order chi connectivity index (χ1) is 11.5. The van der Waals surface area contributed by atoms with Crippen molar-refractivity contribution in [3.63, 3.8) is 0 Å². The molecule has 0 saturated carbocycles. The molecule has 24 heavy (non-hydrogen) atoms. The van der Waals surface area contributed by atoms with Crippen LogP contribution < -0.4 is 5.32 Å². The van der Waals surface area contributed by atoms with Crippen LogP contribution in [0.1, 0.15) is 27.4 Å². The lowest BCUT2D eigenvalue weighted by molar-refractivity contribution is 0.0713. The van der Waals surface area contributed by atoms with Gasteiger partial charge in [0.2, 0.25) is 0 Å². The highest BCUT2D eigenvalue weighted by Gasteiger charge is 2.36. The minimum Gasteiger partial charge on any atom is -0.356 e. The fraction of sp³-hybridized carbons (Fsp3) is 0.400. The normalized spacial score (nSPS) is 20.4. The summed E-state index contributed by atoms with van der Waals surface area (Å²) >= 11 is 5.81. The standard InChI is InChI=1S/C15H17ClFN5O2/c1-21-8-18-6-13(21)14(23)20-5-11-3-10(17)7-22(11)15(24)12-2-9(16)4-19-12/h2,4,6,8,10-11,19H,3,5,7H2,1H3,(H,20,23)/t10-,11-/m0/s1. The van der Waals surface area contributed by atoms with Gasteiger partial charge in [-0.05, 0) is 6.07 Å². The van der Waals surface area contributed by atoms with Gasteiger partial charge in [0.25, 0.3) is 11.8 Å². The van der Waals surface area contributed by atoms with E-state index in [4.69, 9.17) is 11.6 Å². The second-order valence-electron chi connectivity index (χ2n) is 5.78. The van der Waals surface area contributed by atoms with Crippen molar-refractivity contribution in [2.45, 2.75) is 18.6 Å². The van der Waals surface area contributed by atoms with Crippen molar-refractivity contribution < 1.29 is 14.0 Å². The Morgan fingerprint density at radius 3 is 2.96 bits per heavy atom. The van der Waals surface area contributed by atoms with E-state index in [-0.39, 0.29) is 31.3 Å². The number of halogens is 2. The molecule has 0 spiro atoms. The number of H-pyrrole nitrogens is 1. The van der Waals surface area contributed by atoms with Gasteiger partial charge in [-0.1, -0.05) is 11.6 Å². The molecule has 0 aliphatic carbocycles. The van der Waals surface area contributed by atoms with Gasteiger partial charge in [0.15, 0.2) is 0 Å². The molecule has 128 valence electrons. The van der Waals surface area contributed by atoms with Crippen LogP contribution >= 0.6 is 11.6 Å². The molecule has 2 aromatic rings. The van der Waals surface area contributed by atoms with E-state index in [1.807, 2.05) is 0 Å². The molecule has 2 N–H and O–H groups in total. The first-order valence-electron chi connectivity index (χ1n) is 7.49. The van der Waals surface area contributed by atoms with Gasteiger partial charge in [0.1, 0.15) is 17.6 Å². The van der Waals surface area contributed by atoms with Crippen LogP contribution in [-0.4, -0.2) is 56.6 Å². The fourth-order valence-electron chi connectivity index (χ4n) is 2.82. The van der Waals surface area contributed by atoms with Gasteiger partial charge in [-0.2, -0.15) is 0 Å². The molecule has 1 aliphatic heterocycles. The molecule has 0 unspecified atom stereocenters. The fourth-order valence-corrected chi connectivity index (χ4v) is 2.99. The smallest absolute Gasteiger partial charge is 0.270 e. The third kappa shape index (κ3) is 3.28. The molecule has 7 nitrogen and oxygen atoms in total. The molecule has 3 rings (SSSR count). The molecule has 0 aromatic carbocycles. The van der Waals surface area contributed by atoms with Gasteiger partial charge < -0.3 is 19.8 Å². The number of rotatable bonds is 4. The Hall–Kier alpha value is -2.35. The number of aromatic nitrogens is 3. The number of aryl methyl sites for hydroxylation is 1. The quantitative estimate of drug-likeness (QED) is 0.871. The summed E-state index contributed by atoms with van der Waals surface area (Å²) in [5.41, 5.74) is 0.705. The number of amides is 2. The Morgan fingerprint density at radius 1 is 1.54 bits per heavy atom. The summed E-state index contributed by atoms with van der Waals surface area (Å²) < 4.78 is 15.4. The Kier molecular flexibility index (Phi) is 4.57. The predicted molar refractivity (Wildman–Crippen MR) is 85.7 cm³/mol. The van der Waals surface area contributed by atoms with Crippen LogP contribution in [0, 0.1) is 0 Å². The van der Waals surface area contributed by atoms with E-state index < -0.39 is 12.2 Å². The average Bonchev–Trinajstić information content (AvgIpc) is 3.24. The third-order valence-electron chi connectivity index (χ3n) is 4.05. The average molecular weight is 354 g/mol. The van der Waals surface area contributed by atoms with E-state index >= 15 is 0 Å². The molecule has 9 heteroatoms. The van der Waals surface area contributed by atoms with E-state index in [0.717, 1.165) is 0 Å². The van der Waals surface area contributed by atoms with Crippen molar-refractivity contribution in [1.82, 2.24) is 24.8 Å². The molecule has 3 heterocycles. The van der Waals surface area contributed by atoms with Crippen molar-refractivity contribution in [3.8, 4) is 0 Å². The highest BCUT2D eigenvalue weighted by molar-refractivity contribution is 6.30. The van der Waals surface area contributed by atoms with Gasteiger partial charge in [-0.15, -0.1) is 0 Å². The van der Waals surface area contributed by atoms with Gasteiger partial charge in [0, 0.05) is 26.2 Å². The number of carbonyl (C=O) groups excluding carboxylic acids is 2. The number of nitrogens with one attached hydrogen (secondary N) is 2. The largest absolute Gasteiger partial charge is 0.356 e. The number of carbonyl (C=O) groups is 2. The topological polar surface area (TPSA) is 83.0 Å². The Morgan fingerprint density at radius 2 is 2.33 bits per heavy atom. The summed E-state index contributed by atoms with van der Waals surface area (Å²) in [6.45, 7) is 0.173. The zero-order chi connectivity index (χ0) is 17.3. The van der Waals surface area contributed by atoms with Crippen LogP contribution in [0.2, 0.25) is 5.02 Å². The molecule has 1 aliphatic rings. The minimum atomic E-state index is -1.11.